The lowest BCUT2D eigenvalue weighted by atomic mass is 10.00. The number of nitrogens with one attached hydrogen (secondary N) is 1. The quantitative estimate of drug-likeness (QED) is 0.745. The fourth-order valence-corrected chi connectivity index (χ4v) is 3.94. The van der Waals surface area contributed by atoms with Crippen molar-refractivity contribution in [2.24, 2.45) is 11.8 Å². The lowest BCUT2D eigenvalue weighted by Crippen LogP contribution is -2.47. The molecule has 0 bridgehead atoms. The van der Waals surface area contributed by atoms with Crippen molar-refractivity contribution >= 4 is 10.2 Å². The van der Waals surface area contributed by atoms with Crippen molar-refractivity contribution in [3.05, 3.63) is 0 Å². The van der Waals surface area contributed by atoms with E-state index in [0.717, 1.165) is 32.3 Å². The molecule has 2 heterocycles. The van der Waals surface area contributed by atoms with E-state index < -0.39 is 10.2 Å². The van der Waals surface area contributed by atoms with Crippen LogP contribution in [0.2, 0.25) is 0 Å². The van der Waals surface area contributed by atoms with Gasteiger partial charge in [-0.2, -0.15) is 12.7 Å². The van der Waals surface area contributed by atoms with Gasteiger partial charge in [-0.25, -0.2) is 4.72 Å². The predicted molar refractivity (Wildman–Crippen MR) is 71.8 cm³/mol. The molecule has 2 fully saturated rings. The fraction of sp³-hybridized carbons (Fsp3) is 1.00. The Kier molecular flexibility index (Phi) is 5.58. The highest BCUT2D eigenvalue weighted by Gasteiger charge is 2.28. The van der Waals surface area contributed by atoms with Crippen molar-refractivity contribution in [1.29, 1.82) is 0 Å². The third-order valence-electron chi connectivity index (χ3n) is 3.98. The summed E-state index contributed by atoms with van der Waals surface area (Å²) in [6, 6.07) is 0. The Morgan fingerprint density at radius 2 is 1.95 bits per heavy atom. The minimum Gasteiger partial charge on any atom is -0.396 e. The number of nitrogens with zero attached hydrogens (tertiary/aromatic N) is 1. The van der Waals surface area contributed by atoms with Gasteiger partial charge >= 0.3 is 0 Å². The van der Waals surface area contributed by atoms with Crippen LogP contribution in [0.3, 0.4) is 0 Å². The van der Waals surface area contributed by atoms with Gasteiger partial charge in [0, 0.05) is 32.8 Å². The second-order valence-corrected chi connectivity index (χ2v) is 7.22. The number of hydrogen-bond donors (Lipinski definition) is 2. The van der Waals surface area contributed by atoms with Gasteiger partial charge in [-0.15, -0.1) is 0 Å². The van der Waals surface area contributed by atoms with Crippen molar-refractivity contribution in [3.63, 3.8) is 0 Å². The van der Waals surface area contributed by atoms with E-state index in [1.54, 1.807) is 0 Å². The Morgan fingerprint density at radius 1 is 1.21 bits per heavy atom. The average molecular weight is 292 g/mol. The van der Waals surface area contributed by atoms with E-state index in [0.29, 0.717) is 32.2 Å². The lowest BCUT2D eigenvalue weighted by Gasteiger charge is -2.31. The number of ether oxygens (including phenoxy) is 1. The standard InChI is InChI=1S/C12H24N2O4S/c15-9-11-3-5-14(6-4-11)19(16,17)13-8-12-2-1-7-18-10-12/h11-13,15H,1-10H2. The van der Waals surface area contributed by atoms with Crippen LogP contribution in [0.4, 0.5) is 0 Å². The molecular formula is C12H24N2O4S. The second-order valence-electron chi connectivity index (χ2n) is 5.46. The maximum absolute atomic E-state index is 12.1. The van der Waals surface area contributed by atoms with Gasteiger partial charge in [0.1, 0.15) is 0 Å². The van der Waals surface area contributed by atoms with Crippen LogP contribution < -0.4 is 4.72 Å². The SMILES string of the molecule is O=S(=O)(NCC1CCCOC1)N1CCC(CO)CC1. The molecule has 2 aliphatic rings. The molecule has 0 aromatic carbocycles. The monoisotopic (exact) mass is 292 g/mol. The number of rotatable bonds is 5. The molecule has 19 heavy (non-hydrogen) atoms. The molecule has 2 aliphatic heterocycles. The molecule has 2 N–H and O–H groups in total. The summed E-state index contributed by atoms with van der Waals surface area (Å²) in [4.78, 5) is 0. The van der Waals surface area contributed by atoms with Gasteiger partial charge in [-0.05, 0) is 37.5 Å². The molecule has 7 heteroatoms. The van der Waals surface area contributed by atoms with Crippen LogP contribution in [-0.2, 0) is 14.9 Å². The largest absolute Gasteiger partial charge is 0.396 e. The van der Waals surface area contributed by atoms with Crippen LogP contribution in [-0.4, -0.2) is 57.3 Å². The van der Waals surface area contributed by atoms with Gasteiger partial charge in [-0.3, -0.25) is 0 Å². The number of aliphatic hydroxyl groups is 1. The van der Waals surface area contributed by atoms with Gasteiger partial charge in [0.05, 0.1) is 6.61 Å². The summed E-state index contributed by atoms with van der Waals surface area (Å²) in [5.41, 5.74) is 0. The molecule has 0 spiro atoms. The maximum atomic E-state index is 12.1. The molecule has 6 nitrogen and oxygen atoms in total. The second kappa shape index (κ2) is 6.99. The van der Waals surface area contributed by atoms with Gasteiger partial charge < -0.3 is 9.84 Å². The Bertz CT molecular complexity index is 360. The van der Waals surface area contributed by atoms with E-state index >= 15 is 0 Å². The molecule has 1 unspecified atom stereocenters. The summed E-state index contributed by atoms with van der Waals surface area (Å²) >= 11 is 0. The van der Waals surface area contributed by atoms with Crippen molar-refractivity contribution in [2.45, 2.75) is 25.7 Å². The summed E-state index contributed by atoms with van der Waals surface area (Å²) in [5.74, 6) is 0.539. The highest BCUT2D eigenvalue weighted by Crippen LogP contribution is 2.19. The molecule has 0 aromatic rings. The van der Waals surface area contributed by atoms with E-state index in [1.165, 1.54) is 4.31 Å². The first-order valence-electron chi connectivity index (χ1n) is 7.05. The summed E-state index contributed by atoms with van der Waals surface area (Å²) in [5, 5.41) is 9.06. The molecule has 2 saturated heterocycles. The van der Waals surface area contributed by atoms with Gasteiger partial charge in [0.2, 0.25) is 0 Å². The Hall–Kier alpha value is -0.210. The molecule has 0 radical (unpaired) electrons. The van der Waals surface area contributed by atoms with Crippen molar-refractivity contribution in [1.82, 2.24) is 9.03 Å². The first-order valence-corrected chi connectivity index (χ1v) is 8.49. The van der Waals surface area contributed by atoms with Crippen LogP contribution in [0.15, 0.2) is 0 Å². The Balaban J connectivity index is 1.78. The minimum atomic E-state index is -3.37. The molecule has 0 aliphatic carbocycles. The van der Waals surface area contributed by atoms with Gasteiger partial charge in [0.15, 0.2) is 0 Å². The zero-order chi connectivity index (χ0) is 13.7. The zero-order valence-corrected chi connectivity index (χ0v) is 12.1. The highest BCUT2D eigenvalue weighted by molar-refractivity contribution is 7.87. The van der Waals surface area contributed by atoms with E-state index in [-0.39, 0.29) is 12.5 Å². The Labute approximate surface area is 115 Å². The Morgan fingerprint density at radius 3 is 2.53 bits per heavy atom. The summed E-state index contributed by atoms with van der Waals surface area (Å²) < 4.78 is 33.8. The van der Waals surface area contributed by atoms with E-state index in [4.69, 9.17) is 9.84 Å². The average Bonchev–Trinajstić information content (AvgIpc) is 2.46. The minimum absolute atomic E-state index is 0.154. The number of piperidine rings is 1. The summed E-state index contributed by atoms with van der Waals surface area (Å²) in [6.07, 6.45) is 3.51. The lowest BCUT2D eigenvalue weighted by molar-refractivity contribution is 0.0566. The molecular weight excluding hydrogens is 268 g/mol. The van der Waals surface area contributed by atoms with E-state index in [9.17, 15) is 8.42 Å². The number of hydrogen-bond acceptors (Lipinski definition) is 4. The van der Waals surface area contributed by atoms with Gasteiger partial charge in [0.25, 0.3) is 10.2 Å². The molecule has 112 valence electrons. The van der Waals surface area contributed by atoms with Crippen molar-refractivity contribution < 1.29 is 18.3 Å². The highest BCUT2D eigenvalue weighted by atomic mass is 32.2. The van der Waals surface area contributed by atoms with Crippen molar-refractivity contribution in [3.8, 4) is 0 Å². The smallest absolute Gasteiger partial charge is 0.279 e. The van der Waals surface area contributed by atoms with Gasteiger partial charge in [-0.1, -0.05) is 0 Å². The van der Waals surface area contributed by atoms with E-state index in [1.807, 2.05) is 0 Å². The summed E-state index contributed by atoms with van der Waals surface area (Å²) in [7, 11) is -3.37. The normalized spacial score (nSPS) is 27.5. The third-order valence-corrected chi connectivity index (χ3v) is 5.56. The van der Waals surface area contributed by atoms with E-state index in [2.05, 4.69) is 4.72 Å². The molecule has 2 rings (SSSR count). The van der Waals surface area contributed by atoms with Crippen LogP contribution in [0.25, 0.3) is 0 Å². The van der Waals surface area contributed by atoms with Crippen LogP contribution in [0, 0.1) is 11.8 Å². The first-order chi connectivity index (χ1) is 9.12. The topological polar surface area (TPSA) is 78.9 Å². The molecule has 0 aromatic heterocycles. The van der Waals surface area contributed by atoms with Crippen molar-refractivity contribution in [2.75, 3.05) is 39.5 Å². The van der Waals surface area contributed by atoms with Crippen LogP contribution in [0.5, 0.6) is 0 Å². The van der Waals surface area contributed by atoms with Crippen LogP contribution in [0.1, 0.15) is 25.7 Å². The molecule has 1 atom stereocenters. The number of aliphatic hydroxyl groups excluding tert-OH is 1. The third kappa shape index (κ3) is 4.39. The molecule has 0 amide bonds. The first kappa shape index (κ1) is 15.2. The maximum Gasteiger partial charge on any atom is 0.279 e. The predicted octanol–water partition coefficient (Wildman–Crippen LogP) is -0.0483. The fourth-order valence-electron chi connectivity index (χ4n) is 2.62. The summed E-state index contributed by atoms with van der Waals surface area (Å²) in [6.45, 7) is 3.06. The van der Waals surface area contributed by atoms with Crippen LogP contribution >= 0.6 is 0 Å². The molecule has 0 saturated carbocycles. The zero-order valence-electron chi connectivity index (χ0n) is 11.3.